The maximum Gasteiger partial charge on any atom is 0.318 e. The van der Waals surface area contributed by atoms with Crippen molar-refractivity contribution in [2.75, 3.05) is 11.4 Å². The van der Waals surface area contributed by atoms with Crippen LogP contribution in [0.15, 0.2) is 16.8 Å². The Morgan fingerprint density at radius 3 is 2.94 bits per heavy atom. The van der Waals surface area contributed by atoms with Crippen LogP contribution in [0.2, 0.25) is 0 Å². The Morgan fingerprint density at radius 2 is 2.28 bits per heavy atom. The molecule has 1 atom stereocenters. The molecule has 2 aromatic rings. The number of aryl methyl sites for hydroxylation is 2. The third-order valence-electron chi connectivity index (χ3n) is 3.47. The van der Waals surface area contributed by atoms with E-state index in [-0.39, 0.29) is 0 Å². The smallest absolute Gasteiger partial charge is 0.318 e. The van der Waals surface area contributed by atoms with Crippen LogP contribution < -0.4 is 4.90 Å². The maximum atomic E-state index is 5.53. The first-order chi connectivity index (χ1) is 8.74. The average molecular weight is 247 g/mol. The van der Waals surface area contributed by atoms with Gasteiger partial charge in [-0.25, -0.2) is 4.98 Å². The van der Waals surface area contributed by atoms with Crippen LogP contribution in [-0.2, 0) is 6.54 Å². The van der Waals surface area contributed by atoms with Gasteiger partial charge in [-0.2, -0.15) is 0 Å². The zero-order valence-corrected chi connectivity index (χ0v) is 10.7. The molecule has 1 aliphatic rings. The van der Waals surface area contributed by atoms with Gasteiger partial charge in [0.15, 0.2) is 0 Å². The lowest BCUT2D eigenvalue weighted by Gasteiger charge is -2.23. The fourth-order valence-corrected chi connectivity index (χ4v) is 2.50. The van der Waals surface area contributed by atoms with Gasteiger partial charge in [-0.1, -0.05) is 5.10 Å². The summed E-state index contributed by atoms with van der Waals surface area (Å²) in [7, 11) is 0. The minimum Gasteiger partial charge on any atom is -0.408 e. The molecule has 0 N–H and O–H groups in total. The lowest BCUT2D eigenvalue weighted by molar-refractivity contribution is 0.471. The van der Waals surface area contributed by atoms with Gasteiger partial charge in [0.2, 0.25) is 5.89 Å². The molecule has 1 fully saturated rings. The van der Waals surface area contributed by atoms with E-state index in [1.807, 2.05) is 26.2 Å². The summed E-state index contributed by atoms with van der Waals surface area (Å²) >= 11 is 0. The molecule has 0 spiro atoms. The molecule has 2 aromatic heterocycles. The SMILES string of the molecule is Cc1nnc(N2CCCC2Cn2ccnc2C)o1. The van der Waals surface area contributed by atoms with Gasteiger partial charge in [0, 0.05) is 32.4 Å². The number of anilines is 1. The second kappa shape index (κ2) is 4.44. The van der Waals surface area contributed by atoms with E-state index in [0.29, 0.717) is 17.9 Å². The maximum absolute atomic E-state index is 5.53. The predicted octanol–water partition coefficient (Wildman–Crippen LogP) is 1.55. The van der Waals surface area contributed by atoms with E-state index in [0.717, 1.165) is 25.3 Å². The lowest BCUT2D eigenvalue weighted by Crippen LogP contribution is -2.33. The van der Waals surface area contributed by atoms with Gasteiger partial charge in [-0.15, -0.1) is 5.10 Å². The van der Waals surface area contributed by atoms with Gasteiger partial charge in [0.1, 0.15) is 5.82 Å². The van der Waals surface area contributed by atoms with Crippen molar-refractivity contribution < 1.29 is 4.42 Å². The summed E-state index contributed by atoms with van der Waals surface area (Å²) < 4.78 is 7.70. The quantitative estimate of drug-likeness (QED) is 0.823. The van der Waals surface area contributed by atoms with Crippen LogP contribution in [0.5, 0.6) is 0 Å². The first-order valence-corrected chi connectivity index (χ1v) is 6.28. The molecular weight excluding hydrogens is 230 g/mol. The van der Waals surface area contributed by atoms with E-state index in [4.69, 9.17) is 4.42 Å². The summed E-state index contributed by atoms with van der Waals surface area (Å²) in [5.41, 5.74) is 0. The summed E-state index contributed by atoms with van der Waals surface area (Å²) in [5, 5.41) is 8.02. The third-order valence-corrected chi connectivity index (χ3v) is 3.47. The number of hydrogen-bond acceptors (Lipinski definition) is 5. The van der Waals surface area contributed by atoms with Crippen molar-refractivity contribution in [2.24, 2.45) is 0 Å². The monoisotopic (exact) mass is 247 g/mol. The second-order valence-electron chi connectivity index (χ2n) is 4.72. The van der Waals surface area contributed by atoms with E-state index in [2.05, 4.69) is 24.6 Å². The van der Waals surface area contributed by atoms with E-state index < -0.39 is 0 Å². The molecule has 3 heterocycles. The molecule has 3 rings (SSSR count). The molecule has 0 aliphatic carbocycles. The molecule has 0 bridgehead atoms. The molecule has 1 aliphatic heterocycles. The van der Waals surface area contributed by atoms with Crippen LogP contribution in [0.4, 0.5) is 6.01 Å². The van der Waals surface area contributed by atoms with Gasteiger partial charge in [-0.3, -0.25) is 0 Å². The Morgan fingerprint density at radius 1 is 1.39 bits per heavy atom. The molecule has 18 heavy (non-hydrogen) atoms. The number of imidazole rings is 1. The van der Waals surface area contributed by atoms with Crippen LogP contribution in [0.1, 0.15) is 24.6 Å². The fourth-order valence-electron chi connectivity index (χ4n) is 2.50. The van der Waals surface area contributed by atoms with E-state index in [1.54, 1.807) is 0 Å². The molecule has 1 saturated heterocycles. The largest absolute Gasteiger partial charge is 0.408 e. The van der Waals surface area contributed by atoms with Crippen LogP contribution >= 0.6 is 0 Å². The number of nitrogens with zero attached hydrogens (tertiary/aromatic N) is 5. The molecule has 0 amide bonds. The summed E-state index contributed by atoms with van der Waals surface area (Å²) in [4.78, 5) is 6.46. The van der Waals surface area contributed by atoms with Crippen molar-refractivity contribution in [3.63, 3.8) is 0 Å². The normalized spacial score (nSPS) is 19.7. The molecule has 0 radical (unpaired) electrons. The van der Waals surface area contributed by atoms with Gasteiger partial charge in [0.05, 0.1) is 6.04 Å². The lowest BCUT2D eigenvalue weighted by atomic mass is 10.2. The highest BCUT2D eigenvalue weighted by atomic mass is 16.4. The van der Waals surface area contributed by atoms with Crippen LogP contribution in [0, 0.1) is 13.8 Å². The van der Waals surface area contributed by atoms with E-state index in [9.17, 15) is 0 Å². The highest BCUT2D eigenvalue weighted by molar-refractivity contribution is 5.28. The fraction of sp³-hybridized carbons (Fsp3) is 0.583. The van der Waals surface area contributed by atoms with Gasteiger partial charge >= 0.3 is 6.01 Å². The number of aromatic nitrogens is 4. The molecule has 0 aromatic carbocycles. The summed E-state index contributed by atoms with van der Waals surface area (Å²) in [6, 6.07) is 1.06. The highest BCUT2D eigenvalue weighted by Gasteiger charge is 2.28. The van der Waals surface area contributed by atoms with Crippen LogP contribution in [0.3, 0.4) is 0 Å². The molecule has 0 saturated carbocycles. The minimum absolute atomic E-state index is 0.415. The van der Waals surface area contributed by atoms with Gasteiger partial charge in [-0.05, 0) is 19.8 Å². The van der Waals surface area contributed by atoms with E-state index >= 15 is 0 Å². The number of hydrogen-bond donors (Lipinski definition) is 0. The topological polar surface area (TPSA) is 60.0 Å². The molecule has 96 valence electrons. The average Bonchev–Trinajstić information content (AvgIpc) is 3.03. The Hall–Kier alpha value is -1.85. The summed E-state index contributed by atoms with van der Waals surface area (Å²) in [6.45, 7) is 5.75. The minimum atomic E-state index is 0.415. The van der Waals surface area contributed by atoms with Crippen molar-refractivity contribution in [1.29, 1.82) is 0 Å². The Bertz CT molecular complexity index is 532. The van der Waals surface area contributed by atoms with Crippen molar-refractivity contribution >= 4 is 6.01 Å². The number of rotatable bonds is 3. The van der Waals surface area contributed by atoms with E-state index in [1.165, 1.54) is 6.42 Å². The van der Waals surface area contributed by atoms with Crippen LogP contribution in [0.25, 0.3) is 0 Å². The third kappa shape index (κ3) is 1.98. The molecule has 1 unspecified atom stereocenters. The standard InChI is InChI=1S/C12H17N5O/c1-9-13-5-7-16(9)8-11-4-3-6-17(11)12-15-14-10(2)18-12/h5,7,11H,3-4,6,8H2,1-2H3. The molecular formula is C12H17N5O. The predicted molar refractivity (Wildman–Crippen MR) is 66.4 cm³/mol. The zero-order chi connectivity index (χ0) is 12.5. The highest BCUT2D eigenvalue weighted by Crippen LogP contribution is 2.25. The Balaban J connectivity index is 1.77. The van der Waals surface area contributed by atoms with Crippen molar-refractivity contribution in [1.82, 2.24) is 19.7 Å². The Kier molecular flexibility index (Phi) is 2.77. The molecule has 6 nitrogen and oxygen atoms in total. The summed E-state index contributed by atoms with van der Waals surface area (Å²) in [5.74, 6) is 1.66. The zero-order valence-electron chi connectivity index (χ0n) is 10.7. The van der Waals surface area contributed by atoms with Crippen molar-refractivity contribution in [3.8, 4) is 0 Å². The van der Waals surface area contributed by atoms with Gasteiger partial charge < -0.3 is 13.9 Å². The van der Waals surface area contributed by atoms with Gasteiger partial charge in [0.25, 0.3) is 0 Å². The molecule has 6 heteroatoms. The first kappa shape index (κ1) is 11.3. The van der Waals surface area contributed by atoms with Crippen LogP contribution in [-0.4, -0.2) is 32.3 Å². The van der Waals surface area contributed by atoms with Crippen molar-refractivity contribution in [2.45, 2.75) is 39.3 Å². The second-order valence-corrected chi connectivity index (χ2v) is 4.72. The first-order valence-electron chi connectivity index (χ1n) is 6.28. The van der Waals surface area contributed by atoms with Crippen molar-refractivity contribution in [3.05, 3.63) is 24.1 Å². The Labute approximate surface area is 106 Å². The summed E-state index contributed by atoms with van der Waals surface area (Å²) in [6.07, 6.45) is 6.18.